The highest BCUT2D eigenvalue weighted by Crippen LogP contribution is 2.41. The van der Waals surface area contributed by atoms with E-state index in [-0.39, 0.29) is 5.91 Å². The van der Waals surface area contributed by atoms with Gasteiger partial charge in [-0.1, -0.05) is 54.6 Å². The maximum atomic E-state index is 13.0. The number of hydrogen-bond acceptors (Lipinski definition) is 5. The van der Waals surface area contributed by atoms with Gasteiger partial charge < -0.3 is 25.3 Å². The third-order valence-electron chi connectivity index (χ3n) is 8.44. The van der Waals surface area contributed by atoms with Crippen LogP contribution in [0.4, 0.5) is 4.79 Å². The van der Waals surface area contributed by atoms with Crippen LogP contribution in [0.2, 0.25) is 0 Å². The van der Waals surface area contributed by atoms with E-state index in [1.807, 2.05) is 6.07 Å². The van der Waals surface area contributed by atoms with Crippen LogP contribution in [0.5, 0.6) is 0 Å². The van der Waals surface area contributed by atoms with Crippen molar-refractivity contribution in [2.75, 3.05) is 7.11 Å². The maximum Gasteiger partial charge on any atom is 0.407 e. The summed E-state index contributed by atoms with van der Waals surface area (Å²) in [5, 5.41) is 7.87. The molecule has 2 amide bonds. The molecule has 0 bridgehead atoms. The Balaban J connectivity index is 1.13. The van der Waals surface area contributed by atoms with E-state index < -0.39 is 17.7 Å². The molecule has 2 heterocycles. The Hall–Kier alpha value is -5.44. The fraction of sp³-hybridized carbons (Fsp3) is 0.176. The molecule has 1 unspecified atom stereocenters. The number of amides is 2. The third kappa shape index (κ3) is 4.68. The summed E-state index contributed by atoms with van der Waals surface area (Å²) < 4.78 is 4.63. The number of benzene rings is 4. The van der Waals surface area contributed by atoms with Gasteiger partial charge in [-0.25, -0.2) is 14.8 Å². The van der Waals surface area contributed by atoms with Crippen LogP contribution in [0, 0.1) is 0 Å². The Morgan fingerprint density at radius 1 is 0.953 bits per heavy atom. The summed E-state index contributed by atoms with van der Waals surface area (Å²) in [6.45, 7) is 3.67. The van der Waals surface area contributed by atoms with Gasteiger partial charge in [-0.2, -0.15) is 0 Å². The van der Waals surface area contributed by atoms with Gasteiger partial charge >= 0.3 is 6.09 Å². The lowest BCUT2D eigenvalue weighted by atomic mass is 9.76. The van der Waals surface area contributed by atoms with E-state index in [2.05, 4.69) is 104 Å². The van der Waals surface area contributed by atoms with Crippen molar-refractivity contribution in [1.82, 2.24) is 30.6 Å². The van der Waals surface area contributed by atoms with Crippen LogP contribution in [-0.2, 0) is 15.1 Å². The molecule has 0 saturated heterocycles. The van der Waals surface area contributed by atoms with E-state index in [9.17, 15) is 9.59 Å². The van der Waals surface area contributed by atoms with Gasteiger partial charge in [-0.15, -0.1) is 6.58 Å². The van der Waals surface area contributed by atoms with Crippen molar-refractivity contribution in [3.05, 3.63) is 97.6 Å². The molecule has 9 nitrogen and oxygen atoms in total. The molecule has 1 fully saturated rings. The first-order valence-corrected chi connectivity index (χ1v) is 14.2. The second-order valence-electron chi connectivity index (χ2n) is 11.0. The first-order chi connectivity index (χ1) is 21.0. The van der Waals surface area contributed by atoms with E-state index in [1.54, 1.807) is 6.33 Å². The number of carbonyl (C=O) groups is 2. The van der Waals surface area contributed by atoms with E-state index in [0.29, 0.717) is 5.82 Å². The van der Waals surface area contributed by atoms with Crippen LogP contribution in [0.15, 0.2) is 91.8 Å². The standard InChI is InChI=1S/C34H30N6O3/c1-3-26(39-33(42)43-2)31(41)40-34(15-4-16-34)32-37-27-13-10-23(18-29(27)38-32)21-7-5-20(6-8-21)22-9-12-25-24(17-22)11-14-28-30(25)36-19-35-28/h3,5-14,17-19,26H,1,4,15-16H2,2H3,(H,35,36)(H,37,38)(H,39,42)(H,40,41). The molecule has 4 aromatic carbocycles. The molecule has 1 aliphatic carbocycles. The number of imidazole rings is 2. The molecule has 1 saturated carbocycles. The number of fused-ring (bicyclic) bond motifs is 4. The molecule has 214 valence electrons. The molecule has 7 rings (SSSR count). The van der Waals surface area contributed by atoms with Crippen molar-refractivity contribution in [2.45, 2.75) is 30.8 Å². The molecule has 0 radical (unpaired) electrons. The van der Waals surface area contributed by atoms with Crippen LogP contribution in [0.3, 0.4) is 0 Å². The molecule has 0 aliphatic heterocycles. The minimum Gasteiger partial charge on any atom is -0.453 e. The van der Waals surface area contributed by atoms with Gasteiger partial charge in [0.25, 0.3) is 0 Å². The molecule has 1 aliphatic rings. The summed E-state index contributed by atoms with van der Waals surface area (Å²) in [4.78, 5) is 40.6. The Labute approximate surface area is 247 Å². The summed E-state index contributed by atoms with van der Waals surface area (Å²) in [5.41, 5.74) is 7.56. The Morgan fingerprint density at radius 2 is 1.67 bits per heavy atom. The van der Waals surface area contributed by atoms with Crippen LogP contribution in [0.25, 0.3) is 55.1 Å². The third-order valence-corrected chi connectivity index (χ3v) is 8.44. The number of rotatable bonds is 7. The molecule has 1 atom stereocenters. The highest BCUT2D eigenvalue weighted by molar-refractivity contribution is 6.05. The van der Waals surface area contributed by atoms with Crippen molar-refractivity contribution in [2.24, 2.45) is 0 Å². The predicted octanol–water partition coefficient (Wildman–Crippen LogP) is 6.33. The van der Waals surface area contributed by atoms with Gasteiger partial charge in [-0.3, -0.25) is 4.79 Å². The largest absolute Gasteiger partial charge is 0.453 e. The van der Waals surface area contributed by atoms with E-state index in [0.717, 1.165) is 74.4 Å². The molecule has 6 aromatic rings. The van der Waals surface area contributed by atoms with E-state index in [4.69, 9.17) is 4.98 Å². The fourth-order valence-electron chi connectivity index (χ4n) is 5.87. The molecular weight excluding hydrogens is 540 g/mol. The SMILES string of the molecule is C=CC(NC(=O)OC)C(=O)NC1(c2nc3ccc(-c4ccc(-c5ccc6c(ccc7[nH]cnc76)c5)cc4)cc3[nH]2)CCC1. The average Bonchev–Trinajstić information content (AvgIpc) is 3.68. The molecule has 0 spiro atoms. The van der Waals surface area contributed by atoms with Crippen molar-refractivity contribution in [3.8, 4) is 22.3 Å². The number of nitrogens with one attached hydrogen (secondary N) is 4. The lowest BCUT2D eigenvalue weighted by molar-refractivity contribution is -0.125. The average molecular weight is 571 g/mol. The lowest BCUT2D eigenvalue weighted by Crippen LogP contribution is -2.56. The van der Waals surface area contributed by atoms with Crippen molar-refractivity contribution < 1.29 is 14.3 Å². The van der Waals surface area contributed by atoms with Crippen molar-refractivity contribution in [3.63, 3.8) is 0 Å². The van der Waals surface area contributed by atoms with Crippen LogP contribution in [0.1, 0.15) is 25.1 Å². The second kappa shape index (κ2) is 10.4. The minimum absolute atomic E-state index is 0.359. The number of aromatic amines is 2. The summed E-state index contributed by atoms with van der Waals surface area (Å²) in [6.07, 6.45) is 4.87. The number of hydrogen-bond donors (Lipinski definition) is 4. The van der Waals surface area contributed by atoms with Crippen molar-refractivity contribution >= 4 is 44.8 Å². The lowest BCUT2D eigenvalue weighted by Gasteiger charge is -2.41. The maximum absolute atomic E-state index is 13.0. The molecule has 43 heavy (non-hydrogen) atoms. The van der Waals surface area contributed by atoms with Gasteiger partial charge in [0.2, 0.25) is 5.91 Å². The monoisotopic (exact) mass is 570 g/mol. The normalized spacial score (nSPS) is 14.7. The Bertz CT molecular complexity index is 2020. The Morgan fingerprint density at radius 3 is 2.37 bits per heavy atom. The number of H-pyrrole nitrogens is 2. The smallest absolute Gasteiger partial charge is 0.407 e. The number of carbonyl (C=O) groups excluding carboxylic acids is 2. The fourth-order valence-corrected chi connectivity index (χ4v) is 5.87. The van der Waals surface area contributed by atoms with Crippen LogP contribution in [-0.4, -0.2) is 45.1 Å². The summed E-state index contributed by atoms with van der Waals surface area (Å²) in [5.74, 6) is 0.348. The molecule has 2 aromatic heterocycles. The zero-order valence-corrected chi connectivity index (χ0v) is 23.6. The van der Waals surface area contributed by atoms with Gasteiger partial charge in [0.1, 0.15) is 11.9 Å². The minimum atomic E-state index is -0.911. The summed E-state index contributed by atoms with van der Waals surface area (Å²) >= 11 is 0. The highest BCUT2D eigenvalue weighted by Gasteiger charge is 2.43. The van der Waals surface area contributed by atoms with Crippen molar-refractivity contribution in [1.29, 1.82) is 0 Å². The molecule has 9 heteroatoms. The zero-order valence-electron chi connectivity index (χ0n) is 23.6. The second-order valence-corrected chi connectivity index (χ2v) is 11.0. The first kappa shape index (κ1) is 26.5. The number of ether oxygens (including phenoxy) is 1. The number of alkyl carbamates (subject to hydrolysis) is 1. The first-order valence-electron chi connectivity index (χ1n) is 14.2. The quantitative estimate of drug-likeness (QED) is 0.167. The molecular formula is C34H30N6O3. The zero-order chi connectivity index (χ0) is 29.6. The van der Waals surface area contributed by atoms with E-state index >= 15 is 0 Å². The van der Waals surface area contributed by atoms with E-state index in [1.165, 1.54) is 13.2 Å². The van der Waals surface area contributed by atoms with Gasteiger partial charge in [0.15, 0.2) is 0 Å². The van der Waals surface area contributed by atoms with Crippen LogP contribution < -0.4 is 10.6 Å². The molecule has 4 N–H and O–H groups in total. The van der Waals surface area contributed by atoms with Gasteiger partial charge in [0, 0.05) is 5.39 Å². The Kier molecular flexibility index (Phi) is 6.42. The van der Waals surface area contributed by atoms with Crippen LogP contribution >= 0.6 is 0 Å². The topological polar surface area (TPSA) is 125 Å². The summed E-state index contributed by atoms with van der Waals surface area (Å²) in [6, 6.07) is 24.5. The van der Waals surface area contributed by atoms with Gasteiger partial charge in [0.05, 0.1) is 41.0 Å². The number of nitrogens with zero attached hydrogens (tertiary/aromatic N) is 2. The highest BCUT2D eigenvalue weighted by atomic mass is 16.5. The predicted molar refractivity (Wildman–Crippen MR) is 167 cm³/mol. The summed E-state index contributed by atoms with van der Waals surface area (Å²) in [7, 11) is 1.25. The van der Waals surface area contributed by atoms with Gasteiger partial charge in [-0.05, 0) is 71.2 Å². The number of aromatic nitrogens is 4. The number of methoxy groups -OCH3 is 1.